The molecule has 1 unspecified atom stereocenters. The summed E-state index contributed by atoms with van der Waals surface area (Å²) < 4.78 is 0. The summed E-state index contributed by atoms with van der Waals surface area (Å²) in [6.45, 7) is 1.69. The summed E-state index contributed by atoms with van der Waals surface area (Å²) in [7, 11) is 1.94. The SMILES string of the molecule is CNC1CCN(C(=O)Cc2cccnc2)C1. The Balaban J connectivity index is 1.90. The van der Waals surface area contributed by atoms with E-state index in [1.807, 2.05) is 24.1 Å². The molecule has 16 heavy (non-hydrogen) atoms. The molecule has 86 valence electrons. The molecule has 0 aromatic carbocycles. The third kappa shape index (κ3) is 2.58. The lowest BCUT2D eigenvalue weighted by atomic mass is 10.2. The van der Waals surface area contributed by atoms with Crippen molar-refractivity contribution in [2.45, 2.75) is 18.9 Å². The van der Waals surface area contributed by atoms with Gasteiger partial charge in [0.25, 0.3) is 0 Å². The van der Waals surface area contributed by atoms with Crippen LogP contribution >= 0.6 is 0 Å². The highest BCUT2D eigenvalue weighted by molar-refractivity contribution is 5.79. The zero-order valence-corrected chi connectivity index (χ0v) is 9.52. The molecule has 1 atom stereocenters. The number of rotatable bonds is 3. The molecule has 0 saturated carbocycles. The van der Waals surface area contributed by atoms with Crippen LogP contribution in [0, 0.1) is 0 Å². The summed E-state index contributed by atoms with van der Waals surface area (Å²) in [5, 5.41) is 3.21. The van der Waals surface area contributed by atoms with Crippen LogP contribution in [0.15, 0.2) is 24.5 Å². The normalized spacial score (nSPS) is 20.1. The Morgan fingerprint density at radius 3 is 3.19 bits per heavy atom. The van der Waals surface area contributed by atoms with Crippen LogP contribution in [-0.2, 0) is 11.2 Å². The number of aromatic nitrogens is 1. The Kier molecular flexibility index (Phi) is 3.51. The lowest BCUT2D eigenvalue weighted by Gasteiger charge is -2.16. The Labute approximate surface area is 95.7 Å². The first kappa shape index (κ1) is 11.1. The second-order valence-electron chi connectivity index (χ2n) is 4.15. The molecule has 0 bridgehead atoms. The molecule has 1 fully saturated rings. The summed E-state index contributed by atoms with van der Waals surface area (Å²) in [5.74, 6) is 0.200. The fourth-order valence-electron chi connectivity index (χ4n) is 2.01. The van der Waals surface area contributed by atoms with E-state index < -0.39 is 0 Å². The van der Waals surface area contributed by atoms with E-state index in [0.29, 0.717) is 12.5 Å². The van der Waals surface area contributed by atoms with Crippen LogP contribution in [0.4, 0.5) is 0 Å². The average molecular weight is 219 g/mol. The van der Waals surface area contributed by atoms with E-state index in [1.165, 1.54) is 0 Å². The summed E-state index contributed by atoms with van der Waals surface area (Å²) in [6, 6.07) is 4.26. The third-order valence-electron chi connectivity index (χ3n) is 3.03. The van der Waals surface area contributed by atoms with Gasteiger partial charge < -0.3 is 10.2 Å². The Bertz CT molecular complexity index is 353. The standard InChI is InChI=1S/C12H17N3O/c1-13-11-4-6-15(9-11)12(16)7-10-3-2-5-14-8-10/h2-3,5,8,11,13H,4,6-7,9H2,1H3. The van der Waals surface area contributed by atoms with Crippen molar-refractivity contribution in [2.24, 2.45) is 0 Å². The van der Waals surface area contributed by atoms with Crippen LogP contribution in [0.1, 0.15) is 12.0 Å². The molecule has 0 aliphatic carbocycles. The van der Waals surface area contributed by atoms with E-state index >= 15 is 0 Å². The predicted molar refractivity (Wildman–Crippen MR) is 62.0 cm³/mol. The second-order valence-corrected chi connectivity index (χ2v) is 4.15. The quantitative estimate of drug-likeness (QED) is 0.802. The number of amides is 1. The zero-order chi connectivity index (χ0) is 11.4. The number of hydrogen-bond acceptors (Lipinski definition) is 3. The van der Waals surface area contributed by atoms with Crippen molar-refractivity contribution in [3.8, 4) is 0 Å². The molecule has 0 spiro atoms. The number of nitrogens with one attached hydrogen (secondary N) is 1. The molecule has 1 amide bonds. The largest absolute Gasteiger partial charge is 0.341 e. The third-order valence-corrected chi connectivity index (χ3v) is 3.03. The molecule has 1 saturated heterocycles. The summed E-state index contributed by atoms with van der Waals surface area (Å²) in [5.41, 5.74) is 0.986. The summed E-state index contributed by atoms with van der Waals surface area (Å²) >= 11 is 0. The van der Waals surface area contributed by atoms with Crippen molar-refractivity contribution in [1.82, 2.24) is 15.2 Å². The predicted octanol–water partition coefficient (Wildman–Crippen LogP) is 0.444. The molecule has 2 heterocycles. The molecule has 1 N–H and O–H groups in total. The number of pyridine rings is 1. The van der Waals surface area contributed by atoms with Gasteiger partial charge in [-0.15, -0.1) is 0 Å². The van der Waals surface area contributed by atoms with Gasteiger partial charge in [-0.05, 0) is 25.1 Å². The lowest BCUT2D eigenvalue weighted by Crippen LogP contribution is -2.34. The van der Waals surface area contributed by atoms with Crippen LogP contribution in [0.5, 0.6) is 0 Å². The minimum atomic E-state index is 0.200. The van der Waals surface area contributed by atoms with Crippen molar-refractivity contribution in [1.29, 1.82) is 0 Å². The number of carbonyl (C=O) groups excluding carboxylic acids is 1. The van der Waals surface area contributed by atoms with Gasteiger partial charge in [-0.1, -0.05) is 6.07 Å². The lowest BCUT2D eigenvalue weighted by molar-refractivity contribution is -0.129. The molecule has 0 radical (unpaired) electrons. The van der Waals surface area contributed by atoms with Gasteiger partial charge in [0.1, 0.15) is 0 Å². The van der Waals surface area contributed by atoms with Gasteiger partial charge in [-0.25, -0.2) is 0 Å². The van der Waals surface area contributed by atoms with E-state index in [2.05, 4.69) is 10.3 Å². The highest BCUT2D eigenvalue weighted by atomic mass is 16.2. The zero-order valence-electron chi connectivity index (χ0n) is 9.52. The molecular weight excluding hydrogens is 202 g/mol. The molecule has 1 aromatic rings. The van der Waals surface area contributed by atoms with Crippen molar-refractivity contribution >= 4 is 5.91 Å². The van der Waals surface area contributed by atoms with Crippen LogP contribution in [0.2, 0.25) is 0 Å². The Hall–Kier alpha value is -1.42. The van der Waals surface area contributed by atoms with E-state index in [0.717, 1.165) is 25.1 Å². The van der Waals surface area contributed by atoms with E-state index in [1.54, 1.807) is 12.4 Å². The molecule has 1 aliphatic heterocycles. The first-order chi connectivity index (χ1) is 7.79. The molecule has 4 heteroatoms. The van der Waals surface area contributed by atoms with E-state index in [4.69, 9.17) is 0 Å². The topological polar surface area (TPSA) is 45.2 Å². The first-order valence-corrected chi connectivity index (χ1v) is 5.63. The van der Waals surface area contributed by atoms with Gasteiger partial charge in [0.05, 0.1) is 6.42 Å². The van der Waals surface area contributed by atoms with Gasteiger partial charge >= 0.3 is 0 Å². The van der Waals surface area contributed by atoms with Crippen LogP contribution in [0.25, 0.3) is 0 Å². The van der Waals surface area contributed by atoms with Gasteiger partial charge in [-0.3, -0.25) is 9.78 Å². The monoisotopic (exact) mass is 219 g/mol. The number of likely N-dealkylation sites (N-methyl/N-ethyl adjacent to an activating group) is 1. The fraction of sp³-hybridized carbons (Fsp3) is 0.500. The number of nitrogens with zero attached hydrogens (tertiary/aromatic N) is 2. The summed E-state index contributed by atoms with van der Waals surface area (Å²) in [4.78, 5) is 17.9. The number of likely N-dealkylation sites (tertiary alicyclic amines) is 1. The van der Waals surface area contributed by atoms with Gasteiger partial charge in [-0.2, -0.15) is 0 Å². The number of hydrogen-bond donors (Lipinski definition) is 1. The van der Waals surface area contributed by atoms with Crippen molar-refractivity contribution in [3.63, 3.8) is 0 Å². The Morgan fingerprint density at radius 1 is 1.69 bits per heavy atom. The van der Waals surface area contributed by atoms with E-state index in [-0.39, 0.29) is 5.91 Å². The Morgan fingerprint density at radius 2 is 2.56 bits per heavy atom. The van der Waals surface area contributed by atoms with Crippen LogP contribution in [0.3, 0.4) is 0 Å². The maximum Gasteiger partial charge on any atom is 0.227 e. The fourth-order valence-corrected chi connectivity index (χ4v) is 2.01. The maximum absolute atomic E-state index is 11.9. The van der Waals surface area contributed by atoms with Gasteiger partial charge in [0.15, 0.2) is 0 Å². The van der Waals surface area contributed by atoms with Crippen molar-refractivity contribution in [2.75, 3.05) is 20.1 Å². The number of carbonyl (C=O) groups is 1. The van der Waals surface area contributed by atoms with E-state index in [9.17, 15) is 4.79 Å². The van der Waals surface area contributed by atoms with Crippen molar-refractivity contribution < 1.29 is 4.79 Å². The van der Waals surface area contributed by atoms with Crippen molar-refractivity contribution in [3.05, 3.63) is 30.1 Å². The van der Waals surface area contributed by atoms with Gasteiger partial charge in [0.2, 0.25) is 5.91 Å². The van der Waals surface area contributed by atoms with Crippen LogP contribution in [-0.4, -0.2) is 42.0 Å². The average Bonchev–Trinajstić information content (AvgIpc) is 2.79. The van der Waals surface area contributed by atoms with Gasteiger partial charge in [0, 0.05) is 31.5 Å². The maximum atomic E-state index is 11.9. The molecule has 4 nitrogen and oxygen atoms in total. The smallest absolute Gasteiger partial charge is 0.227 e. The summed E-state index contributed by atoms with van der Waals surface area (Å²) in [6.07, 6.45) is 4.99. The molecule has 1 aromatic heterocycles. The minimum Gasteiger partial charge on any atom is -0.341 e. The first-order valence-electron chi connectivity index (χ1n) is 5.63. The molecular formula is C12H17N3O. The molecule has 2 rings (SSSR count). The second kappa shape index (κ2) is 5.07. The minimum absolute atomic E-state index is 0.200. The van der Waals surface area contributed by atoms with Crippen LogP contribution < -0.4 is 5.32 Å². The highest BCUT2D eigenvalue weighted by Crippen LogP contribution is 2.10. The molecule has 1 aliphatic rings. The highest BCUT2D eigenvalue weighted by Gasteiger charge is 2.24.